The van der Waals surface area contributed by atoms with Crippen LogP contribution in [-0.4, -0.2) is 24.7 Å². The van der Waals surface area contributed by atoms with Gasteiger partial charge in [-0.1, -0.05) is 29.8 Å². The Hall–Kier alpha value is -2.24. The van der Waals surface area contributed by atoms with Gasteiger partial charge in [0.1, 0.15) is 6.61 Å². The van der Waals surface area contributed by atoms with E-state index in [0.29, 0.717) is 36.2 Å². The highest BCUT2D eigenvalue weighted by Crippen LogP contribution is 2.29. The second-order valence-corrected chi connectivity index (χ2v) is 5.66. The molecule has 5 nitrogen and oxygen atoms in total. The molecule has 0 bridgehead atoms. The number of nitrogens with one attached hydrogen (secondary N) is 1. The van der Waals surface area contributed by atoms with E-state index in [2.05, 4.69) is 5.32 Å². The van der Waals surface area contributed by atoms with Crippen molar-refractivity contribution in [1.29, 1.82) is 0 Å². The topological polar surface area (TPSA) is 67.8 Å². The Kier molecular flexibility index (Phi) is 6.90. The molecule has 128 valence electrons. The van der Waals surface area contributed by atoms with Crippen LogP contribution >= 0.6 is 11.6 Å². The third-order valence-electron chi connectivity index (χ3n) is 3.38. The molecule has 0 spiro atoms. The highest BCUT2D eigenvalue weighted by atomic mass is 35.5. The lowest BCUT2D eigenvalue weighted by molar-refractivity contribution is -0.136. The fourth-order valence-electron chi connectivity index (χ4n) is 2.11. The van der Waals surface area contributed by atoms with Crippen LogP contribution in [0, 0.1) is 0 Å². The lowest BCUT2D eigenvalue weighted by Crippen LogP contribution is -2.17. The van der Waals surface area contributed by atoms with E-state index in [9.17, 15) is 4.79 Å². The molecule has 2 rings (SSSR count). The van der Waals surface area contributed by atoms with Crippen LogP contribution in [0.2, 0.25) is 5.02 Å². The largest absolute Gasteiger partial charge is 0.493 e. The highest BCUT2D eigenvalue weighted by Gasteiger charge is 2.07. The SMILES string of the molecule is COc1cc(CNCCC(=O)O)ccc1OCc1ccc(Cl)cc1. The molecule has 0 saturated heterocycles. The maximum atomic E-state index is 10.5. The summed E-state index contributed by atoms with van der Waals surface area (Å²) in [5.41, 5.74) is 2.01. The fraction of sp³-hybridized carbons (Fsp3) is 0.278. The summed E-state index contributed by atoms with van der Waals surface area (Å²) in [6, 6.07) is 13.1. The van der Waals surface area contributed by atoms with Gasteiger partial charge >= 0.3 is 5.97 Å². The van der Waals surface area contributed by atoms with Crippen LogP contribution < -0.4 is 14.8 Å². The van der Waals surface area contributed by atoms with Crippen molar-refractivity contribution in [2.24, 2.45) is 0 Å². The Balaban J connectivity index is 1.92. The maximum absolute atomic E-state index is 10.5. The molecule has 0 aromatic heterocycles. The number of aliphatic carboxylic acids is 1. The van der Waals surface area contributed by atoms with Crippen molar-refractivity contribution in [3.8, 4) is 11.5 Å². The molecule has 0 aliphatic heterocycles. The van der Waals surface area contributed by atoms with Crippen LogP contribution in [0.1, 0.15) is 17.5 Å². The van der Waals surface area contributed by atoms with Gasteiger partial charge < -0.3 is 19.9 Å². The monoisotopic (exact) mass is 349 g/mol. The summed E-state index contributed by atoms with van der Waals surface area (Å²) in [4.78, 5) is 10.5. The molecule has 0 fully saturated rings. The highest BCUT2D eigenvalue weighted by molar-refractivity contribution is 6.30. The Bertz CT molecular complexity index is 673. The number of halogens is 1. The standard InChI is InChI=1S/C18H20ClNO4/c1-23-17-10-14(11-20-9-8-18(21)22)4-7-16(17)24-12-13-2-5-15(19)6-3-13/h2-7,10,20H,8-9,11-12H2,1H3,(H,21,22). The summed E-state index contributed by atoms with van der Waals surface area (Å²) < 4.78 is 11.2. The first-order valence-electron chi connectivity index (χ1n) is 7.55. The van der Waals surface area contributed by atoms with Gasteiger partial charge in [-0.15, -0.1) is 0 Å². The van der Waals surface area contributed by atoms with Gasteiger partial charge in [-0.2, -0.15) is 0 Å². The molecule has 0 atom stereocenters. The number of carboxylic acid groups (broad SMARTS) is 1. The predicted molar refractivity (Wildman–Crippen MR) is 92.7 cm³/mol. The summed E-state index contributed by atoms with van der Waals surface area (Å²) in [5, 5.41) is 12.4. The number of methoxy groups -OCH3 is 1. The normalized spacial score (nSPS) is 10.4. The Morgan fingerprint density at radius 3 is 2.50 bits per heavy atom. The van der Waals surface area contributed by atoms with E-state index in [1.807, 2.05) is 42.5 Å². The van der Waals surface area contributed by atoms with Gasteiger partial charge in [-0.05, 0) is 35.4 Å². The van der Waals surface area contributed by atoms with E-state index < -0.39 is 5.97 Å². The van der Waals surface area contributed by atoms with Crippen LogP contribution in [-0.2, 0) is 17.9 Å². The Labute approximate surface area is 146 Å². The van der Waals surface area contributed by atoms with Gasteiger partial charge in [0.05, 0.1) is 13.5 Å². The Morgan fingerprint density at radius 2 is 1.83 bits per heavy atom. The summed E-state index contributed by atoms with van der Waals surface area (Å²) in [6.45, 7) is 1.41. The van der Waals surface area contributed by atoms with E-state index in [1.54, 1.807) is 7.11 Å². The number of benzene rings is 2. The molecular weight excluding hydrogens is 330 g/mol. The van der Waals surface area contributed by atoms with Crippen LogP contribution in [0.25, 0.3) is 0 Å². The van der Waals surface area contributed by atoms with Crippen molar-refractivity contribution in [3.05, 3.63) is 58.6 Å². The van der Waals surface area contributed by atoms with Gasteiger partial charge in [-0.3, -0.25) is 4.79 Å². The van der Waals surface area contributed by atoms with E-state index in [4.69, 9.17) is 26.2 Å². The third-order valence-corrected chi connectivity index (χ3v) is 3.63. The molecule has 24 heavy (non-hydrogen) atoms. The molecule has 0 aliphatic rings. The van der Waals surface area contributed by atoms with Crippen molar-refractivity contribution in [3.63, 3.8) is 0 Å². The molecule has 2 aromatic carbocycles. The first-order valence-corrected chi connectivity index (χ1v) is 7.93. The summed E-state index contributed by atoms with van der Waals surface area (Å²) >= 11 is 5.86. The second-order valence-electron chi connectivity index (χ2n) is 5.22. The molecule has 2 N–H and O–H groups in total. The van der Waals surface area contributed by atoms with Crippen molar-refractivity contribution in [1.82, 2.24) is 5.32 Å². The van der Waals surface area contributed by atoms with Gasteiger partial charge in [-0.25, -0.2) is 0 Å². The average molecular weight is 350 g/mol. The van der Waals surface area contributed by atoms with Gasteiger partial charge in [0, 0.05) is 18.1 Å². The second kappa shape index (κ2) is 9.15. The third kappa shape index (κ3) is 5.76. The van der Waals surface area contributed by atoms with Gasteiger partial charge in [0.15, 0.2) is 11.5 Å². The molecule has 0 aliphatic carbocycles. The smallest absolute Gasteiger partial charge is 0.304 e. The van der Waals surface area contributed by atoms with Crippen molar-refractivity contribution in [2.75, 3.05) is 13.7 Å². The maximum Gasteiger partial charge on any atom is 0.304 e. The summed E-state index contributed by atoms with van der Waals surface area (Å²) in [6.07, 6.45) is 0.0966. The van der Waals surface area contributed by atoms with Crippen LogP contribution in [0.3, 0.4) is 0 Å². The molecule has 2 aromatic rings. The number of carbonyl (C=O) groups is 1. The van der Waals surface area contributed by atoms with E-state index in [0.717, 1.165) is 11.1 Å². The van der Waals surface area contributed by atoms with E-state index >= 15 is 0 Å². The molecular formula is C18H20ClNO4. The number of carboxylic acids is 1. The zero-order chi connectivity index (χ0) is 17.4. The van der Waals surface area contributed by atoms with Gasteiger partial charge in [0.25, 0.3) is 0 Å². The van der Waals surface area contributed by atoms with Gasteiger partial charge in [0.2, 0.25) is 0 Å². The van der Waals surface area contributed by atoms with Crippen molar-refractivity contribution >= 4 is 17.6 Å². The van der Waals surface area contributed by atoms with Crippen molar-refractivity contribution < 1.29 is 19.4 Å². The van der Waals surface area contributed by atoms with E-state index in [-0.39, 0.29) is 6.42 Å². The number of ether oxygens (including phenoxy) is 2. The zero-order valence-electron chi connectivity index (χ0n) is 13.4. The van der Waals surface area contributed by atoms with Crippen LogP contribution in [0.15, 0.2) is 42.5 Å². The quantitative estimate of drug-likeness (QED) is 0.678. The zero-order valence-corrected chi connectivity index (χ0v) is 14.2. The summed E-state index contributed by atoms with van der Waals surface area (Å²) in [7, 11) is 1.59. The summed E-state index contributed by atoms with van der Waals surface area (Å²) in [5.74, 6) is 0.481. The average Bonchev–Trinajstić information content (AvgIpc) is 2.58. The molecule has 0 radical (unpaired) electrons. The fourth-order valence-corrected chi connectivity index (χ4v) is 2.24. The molecule has 6 heteroatoms. The lowest BCUT2D eigenvalue weighted by atomic mass is 10.2. The van der Waals surface area contributed by atoms with Crippen LogP contribution in [0.5, 0.6) is 11.5 Å². The van der Waals surface area contributed by atoms with Crippen LogP contribution in [0.4, 0.5) is 0 Å². The van der Waals surface area contributed by atoms with E-state index in [1.165, 1.54) is 0 Å². The molecule has 0 heterocycles. The first kappa shape index (κ1) is 18.1. The minimum absolute atomic E-state index is 0.0966. The number of rotatable bonds is 9. The number of hydrogen-bond donors (Lipinski definition) is 2. The minimum Gasteiger partial charge on any atom is -0.493 e. The first-order chi connectivity index (χ1) is 11.6. The molecule has 0 amide bonds. The Morgan fingerprint density at radius 1 is 1.12 bits per heavy atom. The lowest BCUT2D eigenvalue weighted by Gasteiger charge is -2.13. The predicted octanol–water partition coefficient (Wildman–Crippen LogP) is 3.49. The van der Waals surface area contributed by atoms with Crippen molar-refractivity contribution in [2.45, 2.75) is 19.6 Å². The number of hydrogen-bond acceptors (Lipinski definition) is 4. The molecule has 0 saturated carbocycles. The minimum atomic E-state index is -0.814. The molecule has 0 unspecified atom stereocenters.